The molecule has 8 nitrogen and oxygen atoms in total. The van der Waals surface area contributed by atoms with Crippen LogP contribution in [0.25, 0.3) is 0 Å². The van der Waals surface area contributed by atoms with Crippen molar-refractivity contribution in [1.82, 2.24) is 10.2 Å². The van der Waals surface area contributed by atoms with E-state index in [1.165, 1.54) is 41.3 Å². The molecule has 0 unspecified atom stereocenters. The first-order valence-corrected chi connectivity index (χ1v) is 16.9. The number of nitrogens with zero attached hydrogens (tertiary/aromatic N) is 2. The number of sulfonamides is 1. The van der Waals surface area contributed by atoms with E-state index in [-0.39, 0.29) is 29.5 Å². The van der Waals surface area contributed by atoms with Gasteiger partial charge in [-0.1, -0.05) is 54.6 Å². The third-order valence-corrected chi connectivity index (χ3v) is 9.28. The van der Waals surface area contributed by atoms with Gasteiger partial charge in [0, 0.05) is 18.5 Å². The number of aryl methyl sites for hydroxylation is 1. The lowest BCUT2D eigenvalue weighted by molar-refractivity contribution is -0.140. The second kappa shape index (κ2) is 15.3. The number of anilines is 1. The molecule has 4 aromatic carbocycles. The molecular weight excluding hydrogens is 617 g/mol. The fraction of sp³-hybridized carbons (Fsp3) is 0.297. The van der Waals surface area contributed by atoms with E-state index >= 15 is 0 Å². The van der Waals surface area contributed by atoms with Gasteiger partial charge in [0.15, 0.2) is 0 Å². The number of carbonyl (C=O) groups is 2. The summed E-state index contributed by atoms with van der Waals surface area (Å²) in [4.78, 5) is 29.9. The Bertz CT molecular complexity index is 1760. The Morgan fingerprint density at radius 1 is 0.872 bits per heavy atom. The van der Waals surface area contributed by atoms with Gasteiger partial charge in [-0.15, -0.1) is 0 Å². The molecule has 248 valence electrons. The summed E-state index contributed by atoms with van der Waals surface area (Å²) in [5.74, 6) is -1.03. The van der Waals surface area contributed by atoms with Gasteiger partial charge in [-0.25, -0.2) is 12.8 Å². The number of nitrogens with one attached hydrogen (secondary N) is 1. The maximum absolute atomic E-state index is 14.6. The van der Waals surface area contributed by atoms with Crippen molar-refractivity contribution in [3.05, 3.63) is 126 Å². The second-order valence-corrected chi connectivity index (χ2v) is 14.1. The number of hydrogen-bond donors (Lipinski definition) is 1. The third kappa shape index (κ3) is 9.42. The van der Waals surface area contributed by atoms with E-state index in [0.29, 0.717) is 12.4 Å². The minimum absolute atomic E-state index is 0.0565. The van der Waals surface area contributed by atoms with Crippen LogP contribution in [0.15, 0.2) is 108 Å². The molecule has 0 saturated carbocycles. The fourth-order valence-electron chi connectivity index (χ4n) is 5.12. The van der Waals surface area contributed by atoms with Gasteiger partial charge in [-0.2, -0.15) is 0 Å². The van der Waals surface area contributed by atoms with Crippen LogP contribution in [-0.2, 0) is 32.6 Å². The molecule has 1 atom stereocenters. The molecule has 0 aliphatic carbocycles. The van der Waals surface area contributed by atoms with Gasteiger partial charge in [-0.05, 0) is 99.8 Å². The molecule has 10 heteroatoms. The van der Waals surface area contributed by atoms with Gasteiger partial charge < -0.3 is 15.0 Å². The number of rotatable bonds is 13. The molecule has 0 saturated heterocycles. The maximum Gasteiger partial charge on any atom is 0.264 e. The molecule has 0 aromatic heterocycles. The fourth-order valence-corrected chi connectivity index (χ4v) is 6.53. The number of hydrogen-bond acceptors (Lipinski definition) is 5. The van der Waals surface area contributed by atoms with Crippen molar-refractivity contribution >= 4 is 27.5 Å². The van der Waals surface area contributed by atoms with Gasteiger partial charge in [0.05, 0.1) is 17.2 Å². The Labute approximate surface area is 277 Å². The lowest BCUT2D eigenvalue weighted by Gasteiger charge is -2.35. The average Bonchev–Trinajstić information content (AvgIpc) is 3.03. The number of ether oxygens (including phenoxy) is 1. The largest absolute Gasteiger partial charge is 0.494 e. The van der Waals surface area contributed by atoms with Gasteiger partial charge in [0.25, 0.3) is 10.0 Å². The van der Waals surface area contributed by atoms with E-state index in [1.807, 2.05) is 89.2 Å². The Morgan fingerprint density at radius 3 is 2.09 bits per heavy atom. The van der Waals surface area contributed by atoms with Crippen molar-refractivity contribution < 1.29 is 27.1 Å². The zero-order chi connectivity index (χ0) is 34.2. The predicted octanol–water partition coefficient (Wildman–Crippen LogP) is 6.28. The summed E-state index contributed by atoms with van der Waals surface area (Å²) in [7, 11) is -4.33. The SMILES string of the molecule is CCOc1ccc(S(=O)(=O)N(CC(=O)N(Cc2ccccc2C)[C@@H](Cc2ccccc2)C(=O)NC(C)(C)C)c2ccc(F)cc2)cc1. The van der Waals surface area contributed by atoms with E-state index in [2.05, 4.69) is 5.32 Å². The first kappa shape index (κ1) is 35.2. The second-order valence-electron chi connectivity index (χ2n) is 12.3. The van der Waals surface area contributed by atoms with E-state index < -0.39 is 39.9 Å². The summed E-state index contributed by atoms with van der Waals surface area (Å²) in [6, 6.07) is 26.7. The van der Waals surface area contributed by atoms with Crippen LogP contribution in [0, 0.1) is 12.7 Å². The van der Waals surface area contributed by atoms with Crippen molar-refractivity contribution in [3.63, 3.8) is 0 Å². The summed E-state index contributed by atoms with van der Waals surface area (Å²) in [5, 5.41) is 3.02. The van der Waals surface area contributed by atoms with Crippen LogP contribution in [0.3, 0.4) is 0 Å². The average molecular weight is 660 g/mol. The molecule has 0 heterocycles. The molecule has 0 bridgehead atoms. The lowest BCUT2D eigenvalue weighted by atomic mass is 10.00. The summed E-state index contributed by atoms with van der Waals surface area (Å²) >= 11 is 0. The van der Waals surface area contributed by atoms with E-state index in [1.54, 1.807) is 0 Å². The van der Waals surface area contributed by atoms with Crippen LogP contribution in [-0.4, -0.2) is 49.9 Å². The highest BCUT2D eigenvalue weighted by Gasteiger charge is 2.35. The molecule has 2 amide bonds. The smallest absolute Gasteiger partial charge is 0.264 e. The first-order valence-electron chi connectivity index (χ1n) is 15.5. The molecule has 0 aliphatic heterocycles. The zero-order valence-electron chi connectivity index (χ0n) is 27.4. The summed E-state index contributed by atoms with van der Waals surface area (Å²) in [6.07, 6.45) is 0.197. The van der Waals surface area contributed by atoms with Crippen molar-refractivity contribution in [2.24, 2.45) is 0 Å². The highest BCUT2D eigenvalue weighted by molar-refractivity contribution is 7.92. The van der Waals surface area contributed by atoms with Gasteiger partial charge in [0.1, 0.15) is 24.2 Å². The molecule has 1 N–H and O–H groups in total. The van der Waals surface area contributed by atoms with E-state index in [9.17, 15) is 22.4 Å². The Kier molecular flexibility index (Phi) is 11.4. The number of carbonyl (C=O) groups excluding carboxylic acids is 2. The topological polar surface area (TPSA) is 96.0 Å². The molecule has 4 rings (SSSR count). The van der Waals surface area contributed by atoms with Crippen molar-refractivity contribution in [2.45, 2.75) is 64.1 Å². The Morgan fingerprint density at radius 2 is 1.49 bits per heavy atom. The molecule has 0 spiro atoms. The van der Waals surface area contributed by atoms with Crippen LogP contribution < -0.4 is 14.4 Å². The van der Waals surface area contributed by atoms with E-state index in [0.717, 1.165) is 33.1 Å². The van der Waals surface area contributed by atoms with Crippen LogP contribution in [0.2, 0.25) is 0 Å². The van der Waals surface area contributed by atoms with Crippen LogP contribution in [0.5, 0.6) is 5.75 Å². The molecule has 4 aromatic rings. The van der Waals surface area contributed by atoms with Crippen molar-refractivity contribution in [2.75, 3.05) is 17.5 Å². The number of halogens is 1. The molecule has 47 heavy (non-hydrogen) atoms. The van der Waals surface area contributed by atoms with E-state index in [4.69, 9.17) is 4.74 Å². The Balaban J connectivity index is 1.81. The van der Waals surface area contributed by atoms with Crippen LogP contribution in [0.1, 0.15) is 44.4 Å². The highest BCUT2D eigenvalue weighted by atomic mass is 32.2. The third-order valence-electron chi connectivity index (χ3n) is 7.49. The van der Waals surface area contributed by atoms with Crippen molar-refractivity contribution in [1.29, 1.82) is 0 Å². The van der Waals surface area contributed by atoms with Crippen LogP contribution >= 0.6 is 0 Å². The highest BCUT2D eigenvalue weighted by Crippen LogP contribution is 2.27. The Hall–Kier alpha value is -4.70. The van der Waals surface area contributed by atoms with Gasteiger partial charge >= 0.3 is 0 Å². The molecule has 0 radical (unpaired) electrons. The van der Waals surface area contributed by atoms with Gasteiger partial charge in [-0.3, -0.25) is 13.9 Å². The minimum Gasteiger partial charge on any atom is -0.494 e. The number of amides is 2. The quantitative estimate of drug-likeness (QED) is 0.182. The van der Waals surface area contributed by atoms with Crippen molar-refractivity contribution in [3.8, 4) is 5.75 Å². The number of benzene rings is 4. The monoisotopic (exact) mass is 659 g/mol. The maximum atomic E-state index is 14.6. The molecule has 0 aliphatic rings. The summed E-state index contributed by atoms with van der Waals surface area (Å²) < 4.78 is 48.8. The van der Waals surface area contributed by atoms with Crippen LogP contribution in [0.4, 0.5) is 10.1 Å². The normalized spacial score (nSPS) is 12.2. The summed E-state index contributed by atoms with van der Waals surface area (Å²) in [5.41, 5.74) is 2.06. The summed E-state index contributed by atoms with van der Waals surface area (Å²) in [6.45, 7) is 9.14. The van der Waals surface area contributed by atoms with Gasteiger partial charge in [0.2, 0.25) is 11.8 Å². The lowest BCUT2D eigenvalue weighted by Crippen LogP contribution is -2.56. The molecule has 0 fully saturated rings. The first-order chi connectivity index (χ1) is 22.3. The minimum atomic E-state index is -4.33. The standard InChI is InChI=1S/C37H42FN3O5S/c1-6-46-32-20-22-33(23-21-32)47(44,45)41(31-18-16-30(38)17-19-31)26-35(42)40(25-29-15-11-10-12-27(29)2)34(36(43)39-37(3,4)5)24-28-13-8-7-9-14-28/h7-23,34H,6,24-26H2,1-5H3,(H,39,43)/t34-/m0/s1. The predicted molar refractivity (Wildman–Crippen MR) is 182 cm³/mol. The zero-order valence-corrected chi connectivity index (χ0v) is 28.3. The molecular formula is C37H42FN3O5S.